The summed E-state index contributed by atoms with van der Waals surface area (Å²) in [5.41, 5.74) is 1.94. The van der Waals surface area contributed by atoms with Gasteiger partial charge in [0.2, 0.25) is 11.8 Å². The Morgan fingerprint density at radius 3 is 2.74 bits per heavy atom. The highest BCUT2D eigenvalue weighted by atomic mass is 32.2. The molecule has 1 N–H and O–H groups in total. The summed E-state index contributed by atoms with van der Waals surface area (Å²) in [6, 6.07) is 9.65. The zero-order valence-corrected chi connectivity index (χ0v) is 14.9. The molecule has 0 bridgehead atoms. The molecule has 122 valence electrons. The number of aryl methyl sites for hydroxylation is 1. The number of para-hydroxylation sites is 1. The minimum absolute atomic E-state index is 0.0236. The van der Waals surface area contributed by atoms with E-state index in [-0.39, 0.29) is 18.4 Å². The molecule has 0 atom stereocenters. The van der Waals surface area contributed by atoms with Crippen molar-refractivity contribution in [1.82, 2.24) is 4.90 Å². The van der Waals surface area contributed by atoms with Crippen molar-refractivity contribution in [2.45, 2.75) is 17.7 Å². The van der Waals surface area contributed by atoms with Gasteiger partial charge in [-0.3, -0.25) is 9.59 Å². The normalized spacial score (nSPS) is 10.3. The SMILES string of the molecule is CSc1ccccc1NC(=O)CN(C)C(=O)CCc1ccsc1. The number of nitrogens with zero attached hydrogens (tertiary/aromatic N) is 1. The largest absolute Gasteiger partial charge is 0.336 e. The Kier molecular flexibility index (Phi) is 6.67. The smallest absolute Gasteiger partial charge is 0.244 e. The van der Waals surface area contributed by atoms with Crippen LogP contribution < -0.4 is 5.32 Å². The number of hydrogen-bond donors (Lipinski definition) is 1. The van der Waals surface area contributed by atoms with Crippen LogP contribution in [0.3, 0.4) is 0 Å². The van der Waals surface area contributed by atoms with E-state index in [2.05, 4.69) is 5.32 Å². The average Bonchev–Trinajstić information content (AvgIpc) is 3.06. The Morgan fingerprint density at radius 1 is 1.26 bits per heavy atom. The van der Waals surface area contributed by atoms with Gasteiger partial charge >= 0.3 is 0 Å². The Morgan fingerprint density at radius 2 is 2.04 bits per heavy atom. The second-order valence-electron chi connectivity index (χ2n) is 5.13. The van der Waals surface area contributed by atoms with Crippen LogP contribution in [0.2, 0.25) is 0 Å². The molecule has 0 aliphatic heterocycles. The highest BCUT2D eigenvalue weighted by Gasteiger charge is 2.14. The molecule has 1 heterocycles. The third kappa shape index (κ3) is 5.41. The van der Waals surface area contributed by atoms with Crippen LogP contribution in [-0.2, 0) is 16.0 Å². The van der Waals surface area contributed by atoms with Crippen molar-refractivity contribution >= 4 is 40.6 Å². The predicted molar refractivity (Wildman–Crippen MR) is 97.1 cm³/mol. The number of benzene rings is 1. The molecule has 0 fully saturated rings. The molecule has 2 rings (SSSR count). The van der Waals surface area contributed by atoms with Crippen LogP contribution in [0.5, 0.6) is 0 Å². The van der Waals surface area contributed by atoms with E-state index >= 15 is 0 Å². The first-order chi connectivity index (χ1) is 11.1. The number of thiophene rings is 1. The standard InChI is InChI=1S/C17H20N2O2S2/c1-19(17(21)8-7-13-9-10-23-12-13)11-16(20)18-14-5-3-4-6-15(14)22-2/h3-6,9-10,12H,7-8,11H2,1-2H3,(H,18,20). The van der Waals surface area contributed by atoms with E-state index in [1.807, 2.05) is 47.3 Å². The molecule has 6 heteroatoms. The average molecular weight is 348 g/mol. The van der Waals surface area contributed by atoms with Crippen LogP contribution in [0.15, 0.2) is 46.0 Å². The van der Waals surface area contributed by atoms with Crippen molar-refractivity contribution in [2.75, 3.05) is 25.2 Å². The first kappa shape index (κ1) is 17.6. The van der Waals surface area contributed by atoms with Gasteiger partial charge in [-0.15, -0.1) is 11.8 Å². The molecule has 2 amide bonds. The molecule has 0 unspecified atom stereocenters. The van der Waals surface area contributed by atoms with Gasteiger partial charge in [-0.05, 0) is 47.2 Å². The van der Waals surface area contributed by atoms with Gasteiger partial charge in [-0.25, -0.2) is 0 Å². The maximum absolute atomic E-state index is 12.1. The number of thioether (sulfide) groups is 1. The summed E-state index contributed by atoms with van der Waals surface area (Å²) in [6.07, 6.45) is 3.09. The summed E-state index contributed by atoms with van der Waals surface area (Å²) in [6.45, 7) is 0.0607. The number of likely N-dealkylation sites (N-methyl/N-ethyl adjacent to an activating group) is 1. The molecular weight excluding hydrogens is 328 g/mol. The Hall–Kier alpha value is -1.79. The third-order valence-corrected chi connectivity index (χ3v) is 4.92. The number of rotatable bonds is 7. The quantitative estimate of drug-likeness (QED) is 0.779. The fourth-order valence-corrected chi connectivity index (χ4v) is 3.38. The zero-order chi connectivity index (χ0) is 16.7. The molecule has 0 saturated heterocycles. The predicted octanol–water partition coefficient (Wildman–Crippen LogP) is 3.50. The second kappa shape index (κ2) is 8.74. The summed E-state index contributed by atoms with van der Waals surface area (Å²) in [4.78, 5) is 26.7. The van der Waals surface area contributed by atoms with E-state index < -0.39 is 0 Å². The minimum Gasteiger partial charge on any atom is -0.336 e. The van der Waals surface area contributed by atoms with Gasteiger partial charge in [-0.2, -0.15) is 11.3 Å². The van der Waals surface area contributed by atoms with Gasteiger partial charge in [0.05, 0.1) is 12.2 Å². The highest BCUT2D eigenvalue weighted by molar-refractivity contribution is 7.98. The number of amides is 2. The lowest BCUT2D eigenvalue weighted by molar-refractivity contribution is -0.133. The summed E-state index contributed by atoms with van der Waals surface area (Å²) in [5, 5.41) is 6.91. The van der Waals surface area contributed by atoms with Crippen LogP contribution in [0.1, 0.15) is 12.0 Å². The fraction of sp³-hybridized carbons (Fsp3) is 0.294. The molecule has 23 heavy (non-hydrogen) atoms. The third-order valence-electron chi connectivity index (χ3n) is 3.40. The van der Waals surface area contributed by atoms with E-state index in [4.69, 9.17) is 0 Å². The lowest BCUT2D eigenvalue weighted by Crippen LogP contribution is -2.35. The van der Waals surface area contributed by atoms with Gasteiger partial charge in [-0.1, -0.05) is 12.1 Å². The van der Waals surface area contributed by atoms with E-state index in [1.165, 1.54) is 4.90 Å². The number of anilines is 1. The van der Waals surface area contributed by atoms with E-state index in [0.29, 0.717) is 12.8 Å². The minimum atomic E-state index is -0.183. The van der Waals surface area contributed by atoms with Crippen molar-refractivity contribution in [1.29, 1.82) is 0 Å². The molecule has 0 radical (unpaired) electrons. The molecule has 4 nitrogen and oxygen atoms in total. The molecule has 1 aromatic heterocycles. The second-order valence-corrected chi connectivity index (χ2v) is 6.76. The first-order valence-corrected chi connectivity index (χ1v) is 9.45. The van der Waals surface area contributed by atoms with Gasteiger partial charge in [0, 0.05) is 18.4 Å². The fourth-order valence-electron chi connectivity index (χ4n) is 2.12. The van der Waals surface area contributed by atoms with E-state index in [0.717, 1.165) is 16.1 Å². The monoisotopic (exact) mass is 348 g/mol. The summed E-state index contributed by atoms with van der Waals surface area (Å²) in [7, 11) is 1.66. The number of hydrogen-bond acceptors (Lipinski definition) is 4. The summed E-state index contributed by atoms with van der Waals surface area (Å²) >= 11 is 3.20. The maximum Gasteiger partial charge on any atom is 0.244 e. The van der Waals surface area contributed by atoms with Crippen molar-refractivity contribution in [3.05, 3.63) is 46.7 Å². The number of carbonyl (C=O) groups excluding carboxylic acids is 2. The molecule has 0 spiro atoms. The molecule has 0 saturated carbocycles. The van der Waals surface area contributed by atoms with E-state index in [1.54, 1.807) is 30.1 Å². The van der Waals surface area contributed by atoms with Crippen LogP contribution in [0.4, 0.5) is 5.69 Å². The molecule has 0 aliphatic rings. The molecular formula is C17H20N2O2S2. The van der Waals surface area contributed by atoms with Crippen molar-refractivity contribution in [3.63, 3.8) is 0 Å². The van der Waals surface area contributed by atoms with Crippen molar-refractivity contribution in [3.8, 4) is 0 Å². The van der Waals surface area contributed by atoms with Gasteiger partial charge in [0.15, 0.2) is 0 Å². The first-order valence-electron chi connectivity index (χ1n) is 7.28. The topological polar surface area (TPSA) is 49.4 Å². The van der Waals surface area contributed by atoms with Crippen LogP contribution in [0, 0.1) is 0 Å². The van der Waals surface area contributed by atoms with Gasteiger partial charge in [0.25, 0.3) is 0 Å². The van der Waals surface area contributed by atoms with Crippen LogP contribution in [0.25, 0.3) is 0 Å². The van der Waals surface area contributed by atoms with Crippen molar-refractivity contribution < 1.29 is 9.59 Å². The molecule has 2 aromatic rings. The van der Waals surface area contributed by atoms with Gasteiger partial charge in [0.1, 0.15) is 0 Å². The Bertz CT molecular complexity index is 656. The number of nitrogens with one attached hydrogen (secondary N) is 1. The van der Waals surface area contributed by atoms with Crippen LogP contribution >= 0.6 is 23.1 Å². The Balaban J connectivity index is 1.82. The number of carbonyl (C=O) groups is 2. The molecule has 0 aliphatic carbocycles. The lowest BCUT2D eigenvalue weighted by atomic mass is 10.2. The summed E-state index contributed by atoms with van der Waals surface area (Å²) in [5.74, 6) is -0.206. The van der Waals surface area contributed by atoms with Gasteiger partial charge < -0.3 is 10.2 Å². The van der Waals surface area contributed by atoms with Crippen molar-refractivity contribution in [2.24, 2.45) is 0 Å². The lowest BCUT2D eigenvalue weighted by Gasteiger charge is -2.17. The maximum atomic E-state index is 12.1. The summed E-state index contributed by atoms with van der Waals surface area (Å²) < 4.78 is 0. The van der Waals surface area contributed by atoms with E-state index in [9.17, 15) is 9.59 Å². The Labute approximate surface area is 144 Å². The highest BCUT2D eigenvalue weighted by Crippen LogP contribution is 2.24. The van der Waals surface area contributed by atoms with Crippen LogP contribution in [-0.4, -0.2) is 36.6 Å². The molecule has 1 aromatic carbocycles. The zero-order valence-electron chi connectivity index (χ0n) is 13.2.